The van der Waals surface area contributed by atoms with Crippen molar-refractivity contribution in [3.05, 3.63) is 72.3 Å². The van der Waals surface area contributed by atoms with Gasteiger partial charge >= 0.3 is 6.03 Å². The zero-order valence-corrected chi connectivity index (χ0v) is 29.6. The first kappa shape index (κ1) is 36.9. The van der Waals surface area contributed by atoms with E-state index < -0.39 is 34.1 Å². The van der Waals surface area contributed by atoms with Gasteiger partial charge in [0.05, 0.1) is 35.3 Å². The first-order valence-electron chi connectivity index (χ1n) is 16.8. The van der Waals surface area contributed by atoms with Crippen molar-refractivity contribution in [1.82, 2.24) is 9.21 Å². The molecule has 5 rings (SSSR count). The van der Waals surface area contributed by atoms with E-state index >= 15 is 0 Å². The van der Waals surface area contributed by atoms with Crippen LogP contribution in [-0.2, 0) is 14.8 Å². The Bertz CT molecular complexity index is 1740. The monoisotopic (exact) mass is 710 g/mol. The van der Waals surface area contributed by atoms with Gasteiger partial charge in [-0.25, -0.2) is 13.2 Å². The summed E-state index contributed by atoms with van der Waals surface area (Å²) >= 11 is 0. The molecule has 0 saturated carbocycles. The van der Waals surface area contributed by atoms with Crippen LogP contribution in [0.5, 0.6) is 17.2 Å². The van der Waals surface area contributed by atoms with Crippen LogP contribution in [0.15, 0.2) is 71.6 Å². The molecule has 14 heteroatoms. The highest BCUT2D eigenvalue weighted by Crippen LogP contribution is 2.34. The van der Waals surface area contributed by atoms with E-state index in [1.807, 2.05) is 13.8 Å². The fourth-order valence-electron chi connectivity index (χ4n) is 5.85. The van der Waals surface area contributed by atoms with Crippen LogP contribution in [0, 0.1) is 5.92 Å². The van der Waals surface area contributed by atoms with Crippen molar-refractivity contribution in [2.24, 2.45) is 5.92 Å². The third-order valence-electron chi connectivity index (χ3n) is 8.83. The summed E-state index contributed by atoms with van der Waals surface area (Å²) in [5.74, 6) is 0.719. The summed E-state index contributed by atoms with van der Waals surface area (Å²) < 4.78 is 51.4. The van der Waals surface area contributed by atoms with Crippen molar-refractivity contribution in [2.45, 2.75) is 63.2 Å². The summed E-state index contributed by atoms with van der Waals surface area (Å²) in [5.41, 5.74) is 1.06. The SMILES string of the molecule is C[C@H](CO)N1C[C@H](C)[C@@H](CN(C)S(=O)(=O)c2ccccc2)OCCCC[C@H](C)Oc2ccc(NC(=O)Nc3ccc4c(c3)OCO4)cc2C1=O. The zero-order chi connectivity index (χ0) is 35.8. The number of aliphatic hydroxyl groups excluding tert-OH is 1. The normalized spacial score (nSPS) is 20.7. The Morgan fingerprint density at radius 1 is 0.980 bits per heavy atom. The lowest BCUT2D eigenvalue weighted by Crippen LogP contribution is -2.48. The minimum atomic E-state index is -3.79. The van der Waals surface area contributed by atoms with Crippen LogP contribution in [0.3, 0.4) is 0 Å². The van der Waals surface area contributed by atoms with E-state index in [2.05, 4.69) is 10.6 Å². The van der Waals surface area contributed by atoms with E-state index in [4.69, 9.17) is 18.9 Å². The van der Waals surface area contributed by atoms with Crippen molar-refractivity contribution >= 4 is 33.3 Å². The average Bonchev–Trinajstić information content (AvgIpc) is 3.57. The van der Waals surface area contributed by atoms with Gasteiger partial charge in [0.1, 0.15) is 5.75 Å². The number of aliphatic hydroxyl groups is 1. The van der Waals surface area contributed by atoms with Crippen molar-refractivity contribution < 1.29 is 42.1 Å². The smallest absolute Gasteiger partial charge is 0.323 e. The maximum absolute atomic E-state index is 14.4. The van der Waals surface area contributed by atoms with E-state index in [1.165, 1.54) is 11.4 Å². The minimum absolute atomic E-state index is 0.0661. The molecule has 2 aliphatic heterocycles. The molecular formula is C36H46N4O9S. The molecule has 3 amide bonds. The van der Waals surface area contributed by atoms with E-state index in [9.17, 15) is 23.1 Å². The Morgan fingerprint density at radius 3 is 2.38 bits per heavy atom. The van der Waals surface area contributed by atoms with Gasteiger partial charge in [0.25, 0.3) is 5.91 Å². The zero-order valence-electron chi connectivity index (χ0n) is 28.8. The molecule has 0 aromatic heterocycles. The molecule has 270 valence electrons. The number of carbonyl (C=O) groups excluding carboxylic acids is 2. The minimum Gasteiger partial charge on any atom is -0.490 e. The lowest BCUT2D eigenvalue weighted by molar-refractivity contribution is -0.00833. The Labute approximate surface area is 293 Å². The fraction of sp³-hybridized carbons (Fsp3) is 0.444. The van der Waals surface area contributed by atoms with Gasteiger partial charge in [-0.05, 0) is 75.6 Å². The number of fused-ring (bicyclic) bond motifs is 2. The Morgan fingerprint density at radius 2 is 1.66 bits per heavy atom. The number of anilines is 2. The van der Waals surface area contributed by atoms with Crippen molar-refractivity contribution in [3.8, 4) is 17.2 Å². The van der Waals surface area contributed by atoms with Gasteiger partial charge in [0, 0.05) is 50.1 Å². The number of urea groups is 1. The Kier molecular flexibility index (Phi) is 12.2. The number of sulfonamides is 1. The van der Waals surface area contributed by atoms with E-state index in [0.29, 0.717) is 41.7 Å². The summed E-state index contributed by atoms with van der Waals surface area (Å²) in [6, 6.07) is 17.0. The maximum Gasteiger partial charge on any atom is 0.323 e. The van der Waals surface area contributed by atoms with Crippen LogP contribution in [-0.4, -0.2) is 93.1 Å². The first-order valence-corrected chi connectivity index (χ1v) is 18.2. The lowest BCUT2D eigenvalue weighted by Gasteiger charge is -2.35. The van der Waals surface area contributed by atoms with Gasteiger partial charge in [-0.15, -0.1) is 0 Å². The number of nitrogens with one attached hydrogen (secondary N) is 2. The third-order valence-corrected chi connectivity index (χ3v) is 10.7. The summed E-state index contributed by atoms with van der Waals surface area (Å²) in [5, 5.41) is 15.8. The van der Waals surface area contributed by atoms with Crippen LogP contribution in [0.2, 0.25) is 0 Å². The molecule has 3 aromatic carbocycles. The topological polar surface area (TPSA) is 156 Å². The predicted octanol–water partition coefficient (Wildman–Crippen LogP) is 5.18. The molecule has 0 spiro atoms. The van der Waals surface area contributed by atoms with Crippen molar-refractivity contribution in [2.75, 3.05) is 50.8 Å². The molecule has 3 N–H and O–H groups in total. The standard InChI is InChI=1S/C36H46N4O9S/c1-24-20-40(25(2)22-41)35(42)30-18-27(37-36(43)38-28-14-16-32-33(19-28)48-23-47-32)13-15-31(30)49-26(3)10-8-9-17-46-34(24)21-39(4)50(44,45)29-11-6-5-7-12-29/h5-7,11-16,18-19,24-26,34,41H,8-10,17,20-23H2,1-4H3,(H2,37,38,43)/t24-,25+,26-,34+/m0/s1. The molecule has 2 heterocycles. The second-order valence-electron chi connectivity index (χ2n) is 12.8. The molecule has 0 radical (unpaired) electrons. The highest BCUT2D eigenvalue weighted by molar-refractivity contribution is 7.89. The van der Waals surface area contributed by atoms with E-state index in [-0.39, 0.29) is 49.0 Å². The fourth-order valence-corrected chi connectivity index (χ4v) is 7.06. The van der Waals surface area contributed by atoms with Crippen LogP contribution >= 0.6 is 0 Å². The van der Waals surface area contributed by atoms with Crippen LogP contribution in [0.25, 0.3) is 0 Å². The Hall–Kier alpha value is -4.37. The van der Waals surface area contributed by atoms with Crippen LogP contribution < -0.4 is 24.8 Å². The molecular weight excluding hydrogens is 664 g/mol. The molecule has 13 nitrogen and oxygen atoms in total. The Balaban J connectivity index is 1.39. The molecule has 3 aromatic rings. The second-order valence-corrected chi connectivity index (χ2v) is 14.8. The molecule has 0 unspecified atom stereocenters. The van der Waals surface area contributed by atoms with Gasteiger partial charge in [-0.1, -0.05) is 25.1 Å². The van der Waals surface area contributed by atoms with E-state index in [1.54, 1.807) is 78.6 Å². The molecule has 4 atom stereocenters. The third kappa shape index (κ3) is 9.04. The van der Waals surface area contributed by atoms with E-state index in [0.717, 1.165) is 12.8 Å². The molecule has 0 aliphatic carbocycles. The van der Waals surface area contributed by atoms with Crippen molar-refractivity contribution in [1.29, 1.82) is 0 Å². The number of rotatable bonds is 8. The first-order chi connectivity index (χ1) is 24.0. The molecule has 50 heavy (non-hydrogen) atoms. The lowest BCUT2D eigenvalue weighted by atomic mass is 10.0. The second kappa shape index (κ2) is 16.6. The van der Waals surface area contributed by atoms with Gasteiger partial charge in [0.2, 0.25) is 16.8 Å². The summed E-state index contributed by atoms with van der Waals surface area (Å²) in [6.07, 6.45) is 1.42. The number of carbonyl (C=O) groups is 2. The largest absolute Gasteiger partial charge is 0.490 e. The summed E-state index contributed by atoms with van der Waals surface area (Å²) in [7, 11) is -2.26. The number of likely N-dealkylation sites (N-methyl/N-ethyl adjacent to an activating group) is 1. The van der Waals surface area contributed by atoms with Gasteiger partial charge in [-0.3, -0.25) is 4.79 Å². The molecule has 0 saturated heterocycles. The van der Waals surface area contributed by atoms with Gasteiger partial charge < -0.3 is 39.6 Å². The highest BCUT2D eigenvalue weighted by Gasteiger charge is 2.32. The van der Waals surface area contributed by atoms with Gasteiger partial charge in [0.15, 0.2) is 11.5 Å². The summed E-state index contributed by atoms with van der Waals surface area (Å²) in [6.45, 7) is 5.99. The molecule has 2 aliphatic rings. The van der Waals surface area contributed by atoms with Crippen molar-refractivity contribution in [3.63, 3.8) is 0 Å². The van der Waals surface area contributed by atoms with Gasteiger partial charge in [-0.2, -0.15) is 4.31 Å². The number of nitrogens with zero attached hydrogens (tertiary/aromatic N) is 2. The highest BCUT2D eigenvalue weighted by atomic mass is 32.2. The summed E-state index contributed by atoms with van der Waals surface area (Å²) in [4.78, 5) is 29.1. The van der Waals surface area contributed by atoms with Crippen LogP contribution in [0.1, 0.15) is 50.4 Å². The predicted molar refractivity (Wildman–Crippen MR) is 188 cm³/mol. The number of hydrogen-bond acceptors (Lipinski definition) is 9. The quantitative estimate of drug-likeness (QED) is 0.287. The number of ether oxygens (including phenoxy) is 4. The molecule has 0 bridgehead atoms. The van der Waals surface area contributed by atoms with Crippen LogP contribution in [0.4, 0.5) is 16.2 Å². The molecule has 0 fully saturated rings. The maximum atomic E-state index is 14.4. The number of hydrogen-bond donors (Lipinski definition) is 3. The number of amides is 3. The average molecular weight is 711 g/mol. The number of benzene rings is 3.